The second-order valence-electron chi connectivity index (χ2n) is 5.95. The van der Waals surface area contributed by atoms with Crippen LogP contribution in [0.1, 0.15) is 6.42 Å². The predicted octanol–water partition coefficient (Wildman–Crippen LogP) is 0.730. The molecule has 0 aliphatic heterocycles. The van der Waals surface area contributed by atoms with E-state index in [1.54, 1.807) is 0 Å². The van der Waals surface area contributed by atoms with Crippen molar-refractivity contribution in [2.24, 2.45) is 23.7 Å². The Morgan fingerprint density at radius 2 is 1.92 bits per heavy atom. The average Bonchev–Trinajstić information content (AvgIpc) is 3.15. The number of nitro groups is 1. The summed E-state index contributed by atoms with van der Waals surface area (Å²) in [6.45, 7) is 0. The highest BCUT2D eigenvalue weighted by atomic mass is 16.6. The second-order valence-corrected chi connectivity index (χ2v) is 5.95. The molecule has 0 radical (unpaired) electrons. The van der Waals surface area contributed by atoms with Crippen LogP contribution < -0.4 is 15.2 Å². The Balaban J connectivity index is 1.83. The van der Waals surface area contributed by atoms with Crippen molar-refractivity contribution in [3.63, 3.8) is 0 Å². The second kappa shape index (κ2) is 5.95. The number of methoxy groups -OCH3 is 1. The van der Waals surface area contributed by atoms with E-state index in [2.05, 4.69) is 5.32 Å². The molecule has 1 amide bonds. The molecule has 1 N–H and O–H groups in total. The Bertz CT molecular complexity index is 744. The van der Waals surface area contributed by atoms with Gasteiger partial charge in [-0.15, -0.1) is 0 Å². The summed E-state index contributed by atoms with van der Waals surface area (Å²) < 4.78 is 5.07. The number of allylic oxidation sites excluding steroid dienone is 2. The molecule has 3 rings (SSSR count). The normalized spacial score (nSPS) is 27.0. The minimum absolute atomic E-state index is 0.137. The maximum absolute atomic E-state index is 12.6. The van der Waals surface area contributed by atoms with Crippen molar-refractivity contribution in [2.45, 2.75) is 6.42 Å². The number of benzene rings is 1. The number of nitrogens with one attached hydrogen (secondary N) is 1. The highest BCUT2D eigenvalue weighted by molar-refractivity contribution is 5.97. The van der Waals surface area contributed by atoms with E-state index in [1.165, 1.54) is 25.3 Å². The number of carboxylic acids is 1. The molecule has 126 valence electrons. The molecular formula is C16H15N2O6-. The van der Waals surface area contributed by atoms with Gasteiger partial charge in [-0.05, 0) is 24.3 Å². The van der Waals surface area contributed by atoms with E-state index in [0.29, 0.717) is 6.42 Å². The molecule has 0 aromatic heterocycles. The number of carbonyl (C=O) groups excluding carboxylic acids is 2. The third kappa shape index (κ3) is 2.60. The molecule has 0 spiro atoms. The number of carboxylic acid groups (broad SMARTS) is 1. The Labute approximate surface area is 137 Å². The van der Waals surface area contributed by atoms with Crippen molar-refractivity contribution in [1.82, 2.24) is 0 Å². The van der Waals surface area contributed by atoms with Crippen molar-refractivity contribution in [3.05, 3.63) is 40.5 Å². The van der Waals surface area contributed by atoms with Crippen LogP contribution in [0.5, 0.6) is 5.75 Å². The summed E-state index contributed by atoms with van der Waals surface area (Å²) >= 11 is 0. The SMILES string of the molecule is COc1cc([N+](=O)[O-])ccc1NC(=O)[C@@H]1[C@@H](C(=O)[O-])[C@H]2C=C[C@@H]1C2. The van der Waals surface area contributed by atoms with Gasteiger partial charge in [-0.1, -0.05) is 12.2 Å². The molecule has 0 saturated heterocycles. The van der Waals surface area contributed by atoms with E-state index < -0.39 is 28.6 Å². The molecule has 24 heavy (non-hydrogen) atoms. The first kappa shape index (κ1) is 16.0. The molecule has 0 heterocycles. The van der Waals surface area contributed by atoms with Crippen molar-refractivity contribution < 1.29 is 24.4 Å². The average molecular weight is 331 g/mol. The lowest BCUT2D eigenvalue weighted by Gasteiger charge is -2.28. The van der Waals surface area contributed by atoms with Crippen molar-refractivity contribution in [2.75, 3.05) is 12.4 Å². The fourth-order valence-corrected chi connectivity index (χ4v) is 3.61. The van der Waals surface area contributed by atoms with Crippen LogP contribution in [0, 0.1) is 33.8 Å². The number of hydrogen-bond donors (Lipinski definition) is 1. The molecule has 8 heteroatoms. The molecule has 8 nitrogen and oxygen atoms in total. The first-order chi connectivity index (χ1) is 11.4. The maximum atomic E-state index is 12.6. The molecule has 1 aromatic rings. The number of hydrogen-bond acceptors (Lipinski definition) is 6. The standard InChI is InChI=1S/C16H16N2O6/c1-24-12-7-10(18(22)23)4-5-11(12)17-15(19)13-8-2-3-9(6-8)14(13)16(20)21/h2-5,7-9,13-14H,6H2,1H3,(H,17,19)(H,20,21)/p-1/t8-,9+,13+,14+/m1/s1. The smallest absolute Gasteiger partial charge is 0.273 e. The monoisotopic (exact) mass is 331 g/mol. The van der Waals surface area contributed by atoms with Gasteiger partial charge in [0.1, 0.15) is 5.75 Å². The molecule has 1 fully saturated rings. The fourth-order valence-electron chi connectivity index (χ4n) is 3.61. The van der Waals surface area contributed by atoms with E-state index >= 15 is 0 Å². The van der Waals surface area contributed by atoms with Crippen molar-refractivity contribution in [3.8, 4) is 5.75 Å². The number of anilines is 1. The minimum atomic E-state index is -1.23. The van der Waals surface area contributed by atoms with Crippen molar-refractivity contribution >= 4 is 23.3 Å². The lowest BCUT2D eigenvalue weighted by molar-refractivity contribution is -0.384. The van der Waals surface area contributed by atoms with Gasteiger partial charge >= 0.3 is 0 Å². The number of rotatable bonds is 5. The quantitative estimate of drug-likeness (QED) is 0.482. The zero-order chi connectivity index (χ0) is 17.4. The molecule has 2 bridgehead atoms. The van der Waals surface area contributed by atoms with Gasteiger partial charge in [-0.3, -0.25) is 14.9 Å². The molecule has 1 aromatic carbocycles. The van der Waals surface area contributed by atoms with Crippen LogP contribution in [0.3, 0.4) is 0 Å². The molecule has 2 aliphatic carbocycles. The number of fused-ring (bicyclic) bond motifs is 2. The van der Waals surface area contributed by atoms with Crippen LogP contribution in [-0.4, -0.2) is 23.9 Å². The lowest BCUT2D eigenvalue weighted by atomic mass is 9.82. The Morgan fingerprint density at radius 1 is 1.25 bits per heavy atom. The Kier molecular flexibility index (Phi) is 3.96. The van der Waals surface area contributed by atoms with Crippen molar-refractivity contribution in [1.29, 1.82) is 0 Å². The number of ether oxygens (including phenoxy) is 1. The zero-order valence-electron chi connectivity index (χ0n) is 12.8. The van der Waals surface area contributed by atoms with E-state index in [9.17, 15) is 24.8 Å². The maximum Gasteiger partial charge on any atom is 0.273 e. The van der Waals surface area contributed by atoms with E-state index in [4.69, 9.17) is 4.74 Å². The number of carbonyl (C=O) groups is 2. The third-order valence-electron chi connectivity index (χ3n) is 4.69. The Morgan fingerprint density at radius 3 is 2.50 bits per heavy atom. The van der Waals surface area contributed by atoms with Gasteiger partial charge in [-0.2, -0.15) is 0 Å². The van der Waals surface area contributed by atoms with Crippen LogP contribution in [-0.2, 0) is 9.59 Å². The molecule has 4 atom stereocenters. The third-order valence-corrected chi connectivity index (χ3v) is 4.69. The van der Waals surface area contributed by atoms with E-state index in [1.807, 2.05) is 12.2 Å². The highest BCUT2D eigenvalue weighted by Crippen LogP contribution is 2.48. The number of nitrogens with zero attached hydrogens (tertiary/aromatic N) is 1. The number of aliphatic carboxylic acids is 1. The number of amides is 1. The Hall–Kier alpha value is -2.90. The van der Waals surface area contributed by atoms with Crippen LogP contribution in [0.4, 0.5) is 11.4 Å². The molecular weight excluding hydrogens is 316 g/mol. The van der Waals surface area contributed by atoms with Gasteiger partial charge in [0.05, 0.1) is 29.7 Å². The summed E-state index contributed by atoms with van der Waals surface area (Å²) in [5.74, 6) is -3.44. The molecule has 2 aliphatic rings. The molecule has 0 unspecified atom stereocenters. The van der Waals surface area contributed by atoms with Crippen LogP contribution in [0.2, 0.25) is 0 Å². The summed E-state index contributed by atoms with van der Waals surface area (Å²) in [4.78, 5) is 34.2. The van der Waals surface area contributed by atoms with Crippen LogP contribution in [0.25, 0.3) is 0 Å². The van der Waals surface area contributed by atoms with Crippen LogP contribution >= 0.6 is 0 Å². The molecule has 1 saturated carbocycles. The summed E-state index contributed by atoms with van der Waals surface area (Å²) in [5, 5.41) is 24.8. The van der Waals surface area contributed by atoms with Gasteiger partial charge in [-0.25, -0.2) is 0 Å². The first-order valence-corrected chi connectivity index (χ1v) is 7.45. The minimum Gasteiger partial charge on any atom is -0.550 e. The summed E-state index contributed by atoms with van der Waals surface area (Å²) in [7, 11) is 1.33. The van der Waals surface area contributed by atoms with Gasteiger partial charge in [0.2, 0.25) is 5.91 Å². The topological polar surface area (TPSA) is 122 Å². The van der Waals surface area contributed by atoms with Crippen LogP contribution in [0.15, 0.2) is 30.4 Å². The van der Waals surface area contributed by atoms with Gasteiger partial charge in [0, 0.05) is 18.0 Å². The number of nitro benzene ring substituents is 1. The van der Waals surface area contributed by atoms with Gasteiger partial charge in [0.15, 0.2) is 0 Å². The van der Waals surface area contributed by atoms with E-state index in [-0.39, 0.29) is 29.0 Å². The fraction of sp³-hybridized carbons (Fsp3) is 0.375. The number of non-ortho nitro benzene ring substituents is 1. The van der Waals surface area contributed by atoms with Gasteiger partial charge in [0.25, 0.3) is 5.69 Å². The van der Waals surface area contributed by atoms with Gasteiger partial charge < -0.3 is 20.0 Å². The predicted molar refractivity (Wildman–Crippen MR) is 81.0 cm³/mol. The van der Waals surface area contributed by atoms with E-state index in [0.717, 1.165) is 0 Å². The summed E-state index contributed by atoms with van der Waals surface area (Å²) in [6, 6.07) is 3.81. The summed E-state index contributed by atoms with van der Waals surface area (Å²) in [5.41, 5.74) is 0.0947. The largest absolute Gasteiger partial charge is 0.550 e. The highest BCUT2D eigenvalue weighted by Gasteiger charge is 2.48. The summed E-state index contributed by atoms with van der Waals surface area (Å²) in [6.07, 6.45) is 4.30. The zero-order valence-corrected chi connectivity index (χ0v) is 12.8. The first-order valence-electron chi connectivity index (χ1n) is 7.45. The lowest BCUT2D eigenvalue weighted by Crippen LogP contribution is -2.42.